The second-order valence-corrected chi connectivity index (χ2v) is 5.22. The lowest BCUT2D eigenvalue weighted by Crippen LogP contribution is -2.56. The predicted molar refractivity (Wildman–Crippen MR) is 76.0 cm³/mol. The highest BCUT2D eigenvalue weighted by atomic mass is 19.4. The van der Waals surface area contributed by atoms with Gasteiger partial charge in [0.15, 0.2) is 0 Å². The molecular weight excluding hydrogens is 309 g/mol. The van der Waals surface area contributed by atoms with Crippen LogP contribution in [0.15, 0.2) is 48.8 Å². The number of benzene rings is 1. The summed E-state index contributed by atoms with van der Waals surface area (Å²) in [5.74, 6) is 0.172. The third-order valence-corrected chi connectivity index (χ3v) is 3.51. The van der Waals surface area contributed by atoms with E-state index in [0.29, 0.717) is 18.8 Å². The molecule has 1 saturated heterocycles. The highest BCUT2D eigenvalue weighted by Gasteiger charge is 2.35. The van der Waals surface area contributed by atoms with Gasteiger partial charge in [-0.2, -0.15) is 13.2 Å². The van der Waals surface area contributed by atoms with Crippen molar-refractivity contribution >= 4 is 5.91 Å². The summed E-state index contributed by atoms with van der Waals surface area (Å²) in [6, 6.07) is 7.93. The van der Waals surface area contributed by atoms with Gasteiger partial charge in [0.1, 0.15) is 11.9 Å². The second-order valence-electron chi connectivity index (χ2n) is 5.22. The number of carbonyl (C=O) groups excluding carboxylic acids is 1. The maximum Gasteiger partial charge on any atom is 0.416 e. The Morgan fingerprint density at radius 2 is 2.00 bits per heavy atom. The lowest BCUT2D eigenvalue weighted by molar-refractivity contribution is -0.137. The van der Waals surface area contributed by atoms with Crippen LogP contribution in [0.2, 0.25) is 0 Å². The van der Waals surface area contributed by atoms with Crippen LogP contribution in [-0.4, -0.2) is 35.0 Å². The Balaban J connectivity index is 1.61. The molecule has 2 heterocycles. The van der Waals surface area contributed by atoms with Gasteiger partial charge in [-0.1, -0.05) is 6.07 Å². The molecule has 0 atom stereocenters. The fourth-order valence-electron chi connectivity index (χ4n) is 2.30. The van der Waals surface area contributed by atoms with Crippen molar-refractivity contribution in [2.45, 2.75) is 12.3 Å². The molecule has 1 aliphatic rings. The van der Waals surface area contributed by atoms with Gasteiger partial charge in [-0.05, 0) is 30.3 Å². The summed E-state index contributed by atoms with van der Waals surface area (Å²) in [4.78, 5) is 17.6. The third kappa shape index (κ3) is 3.44. The van der Waals surface area contributed by atoms with E-state index in [1.807, 2.05) is 0 Å². The quantitative estimate of drug-likeness (QED) is 0.872. The van der Waals surface area contributed by atoms with Gasteiger partial charge in [0, 0.05) is 11.8 Å². The van der Waals surface area contributed by atoms with E-state index in [1.54, 1.807) is 24.5 Å². The van der Waals surface area contributed by atoms with Crippen molar-refractivity contribution < 1.29 is 22.7 Å². The fourth-order valence-corrected chi connectivity index (χ4v) is 2.30. The zero-order chi connectivity index (χ0) is 16.4. The Hall–Kier alpha value is -2.57. The molecule has 1 fully saturated rings. The first-order valence-electron chi connectivity index (χ1n) is 6.97. The van der Waals surface area contributed by atoms with Crippen LogP contribution in [0.3, 0.4) is 0 Å². The van der Waals surface area contributed by atoms with E-state index in [4.69, 9.17) is 4.74 Å². The molecular formula is C16H13F3N2O2. The number of amides is 1. The molecule has 1 aliphatic heterocycles. The van der Waals surface area contributed by atoms with Gasteiger partial charge in [-0.25, -0.2) is 0 Å². The molecule has 2 aromatic rings. The van der Waals surface area contributed by atoms with Crippen LogP contribution in [0.25, 0.3) is 0 Å². The highest BCUT2D eigenvalue weighted by molar-refractivity contribution is 5.95. The SMILES string of the molecule is O=C(c1cccc(C(F)(F)F)c1)N1CC(Oc2cccnc2)C1. The molecule has 0 radical (unpaired) electrons. The minimum Gasteiger partial charge on any atom is -0.485 e. The summed E-state index contributed by atoms with van der Waals surface area (Å²) >= 11 is 0. The highest BCUT2D eigenvalue weighted by Crippen LogP contribution is 2.30. The maximum atomic E-state index is 12.7. The number of likely N-dealkylation sites (tertiary alicyclic amines) is 1. The predicted octanol–water partition coefficient (Wildman–Crippen LogP) is 3.00. The van der Waals surface area contributed by atoms with Crippen molar-refractivity contribution in [1.82, 2.24) is 9.88 Å². The number of carbonyl (C=O) groups is 1. The van der Waals surface area contributed by atoms with Crippen LogP contribution in [0.5, 0.6) is 5.75 Å². The number of pyridine rings is 1. The molecule has 120 valence electrons. The maximum absolute atomic E-state index is 12.7. The number of alkyl halides is 3. The van der Waals surface area contributed by atoms with E-state index in [0.717, 1.165) is 12.1 Å². The Morgan fingerprint density at radius 3 is 2.65 bits per heavy atom. The molecule has 0 bridgehead atoms. The first-order chi connectivity index (χ1) is 10.9. The molecule has 1 aromatic heterocycles. The van der Waals surface area contributed by atoms with Crippen molar-refractivity contribution in [3.8, 4) is 5.75 Å². The van der Waals surface area contributed by atoms with Crippen molar-refractivity contribution in [2.75, 3.05) is 13.1 Å². The summed E-state index contributed by atoms with van der Waals surface area (Å²) in [6.45, 7) is 0.675. The number of rotatable bonds is 3. The number of aromatic nitrogens is 1. The molecule has 0 aliphatic carbocycles. The Bertz CT molecular complexity index is 698. The van der Waals surface area contributed by atoms with E-state index in [2.05, 4.69) is 4.98 Å². The first kappa shape index (κ1) is 15.3. The number of nitrogens with zero attached hydrogens (tertiary/aromatic N) is 2. The molecule has 7 heteroatoms. The molecule has 1 amide bonds. The van der Waals surface area contributed by atoms with E-state index < -0.39 is 17.6 Å². The van der Waals surface area contributed by atoms with Crippen molar-refractivity contribution in [2.24, 2.45) is 0 Å². The van der Waals surface area contributed by atoms with Crippen LogP contribution in [0, 0.1) is 0 Å². The number of hydrogen-bond acceptors (Lipinski definition) is 3. The average Bonchev–Trinajstić information content (AvgIpc) is 2.50. The summed E-state index contributed by atoms with van der Waals surface area (Å²) < 4.78 is 43.7. The molecule has 0 spiro atoms. The fraction of sp³-hybridized carbons (Fsp3) is 0.250. The van der Waals surface area contributed by atoms with Crippen LogP contribution in [0.1, 0.15) is 15.9 Å². The van der Waals surface area contributed by atoms with E-state index in [9.17, 15) is 18.0 Å². The van der Waals surface area contributed by atoms with Gasteiger partial charge >= 0.3 is 6.18 Å². The minimum atomic E-state index is -4.46. The van der Waals surface area contributed by atoms with Gasteiger partial charge in [0.05, 0.1) is 24.8 Å². The summed E-state index contributed by atoms with van der Waals surface area (Å²) in [5.41, 5.74) is -0.799. The zero-order valence-corrected chi connectivity index (χ0v) is 12.0. The van der Waals surface area contributed by atoms with Crippen LogP contribution in [-0.2, 0) is 6.18 Å². The Kier molecular flexibility index (Phi) is 3.94. The third-order valence-electron chi connectivity index (χ3n) is 3.51. The molecule has 1 aromatic carbocycles. The van der Waals surface area contributed by atoms with Gasteiger partial charge in [-0.15, -0.1) is 0 Å². The largest absolute Gasteiger partial charge is 0.485 e. The first-order valence-corrected chi connectivity index (χ1v) is 6.97. The van der Waals surface area contributed by atoms with Gasteiger partial charge < -0.3 is 9.64 Å². The van der Waals surface area contributed by atoms with Gasteiger partial charge in [0.25, 0.3) is 5.91 Å². The zero-order valence-electron chi connectivity index (χ0n) is 12.0. The van der Waals surface area contributed by atoms with Crippen LogP contribution in [0.4, 0.5) is 13.2 Å². The van der Waals surface area contributed by atoms with Crippen LogP contribution < -0.4 is 4.74 Å². The van der Waals surface area contributed by atoms with Crippen molar-refractivity contribution in [3.05, 3.63) is 59.9 Å². The van der Waals surface area contributed by atoms with Crippen LogP contribution >= 0.6 is 0 Å². The summed E-state index contributed by atoms with van der Waals surface area (Å²) in [6.07, 6.45) is -1.44. The Morgan fingerprint density at radius 1 is 1.22 bits per heavy atom. The standard InChI is InChI=1S/C16H13F3N2O2/c17-16(18,19)12-4-1-3-11(7-12)15(22)21-9-14(10-21)23-13-5-2-6-20-8-13/h1-8,14H,9-10H2. The molecule has 4 nitrogen and oxygen atoms in total. The lowest BCUT2D eigenvalue weighted by Gasteiger charge is -2.39. The minimum absolute atomic E-state index is 0.0275. The summed E-state index contributed by atoms with van der Waals surface area (Å²) in [5, 5.41) is 0. The van der Waals surface area contributed by atoms with E-state index in [-0.39, 0.29) is 11.7 Å². The van der Waals surface area contributed by atoms with Crippen molar-refractivity contribution in [1.29, 1.82) is 0 Å². The molecule has 23 heavy (non-hydrogen) atoms. The van der Waals surface area contributed by atoms with Gasteiger partial charge in [-0.3, -0.25) is 9.78 Å². The van der Waals surface area contributed by atoms with Crippen molar-refractivity contribution in [3.63, 3.8) is 0 Å². The summed E-state index contributed by atoms with van der Waals surface area (Å²) in [7, 11) is 0. The smallest absolute Gasteiger partial charge is 0.416 e. The average molecular weight is 322 g/mol. The van der Waals surface area contributed by atoms with Gasteiger partial charge in [0.2, 0.25) is 0 Å². The molecule has 0 N–H and O–H groups in total. The normalized spacial score (nSPS) is 15.2. The number of hydrogen-bond donors (Lipinski definition) is 0. The second kappa shape index (κ2) is 5.91. The lowest BCUT2D eigenvalue weighted by atomic mass is 10.1. The number of ether oxygens (including phenoxy) is 1. The van der Waals surface area contributed by atoms with E-state index >= 15 is 0 Å². The molecule has 0 saturated carbocycles. The van der Waals surface area contributed by atoms with E-state index in [1.165, 1.54) is 17.0 Å². The molecule has 3 rings (SSSR count). The topological polar surface area (TPSA) is 42.4 Å². The number of halogens is 3. The Labute approximate surface area is 130 Å². The molecule has 0 unspecified atom stereocenters. The monoisotopic (exact) mass is 322 g/mol.